The topological polar surface area (TPSA) is 3.24 Å². The van der Waals surface area contributed by atoms with E-state index in [1.165, 1.54) is 13.0 Å². The van der Waals surface area contributed by atoms with Gasteiger partial charge in [0.15, 0.2) is -0.441 Å². The minimum Gasteiger partial charge on any atom is -0.347 e. The Hall–Kier alpha value is 1.73. The summed E-state index contributed by atoms with van der Waals surface area (Å²) in [6.07, 6.45) is 5.59. The molecule has 0 N–H and O–H groups in total. The van der Waals surface area contributed by atoms with E-state index >= 15 is 0 Å². The molecular formula is C5H6I3N. The lowest BCUT2D eigenvalue weighted by molar-refractivity contribution is 0.466. The normalized spacial score (nSPS) is 19.2. The van der Waals surface area contributed by atoms with E-state index in [9.17, 15) is 0 Å². The van der Waals surface area contributed by atoms with Crippen LogP contribution in [-0.4, -0.2) is 11.0 Å². The van der Waals surface area contributed by atoms with Crippen LogP contribution < -0.4 is 0 Å². The van der Waals surface area contributed by atoms with Crippen LogP contribution in [0.1, 0.15) is 6.42 Å². The standard InChI is InChI=1S/C5H6I3N/c6-5(7,8)9-3-1-2-4-9/h1,3H,2,4H2. The Kier molecular flexibility index (Phi) is 3.35. The van der Waals surface area contributed by atoms with Gasteiger partial charge in [0.25, 0.3) is 0 Å². The molecule has 0 aromatic rings. The Morgan fingerprint density at radius 3 is 2.22 bits per heavy atom. The van der Waals surface area contributed by atoms with Crippen molar-refractivity contribution in [1.29, 1.82) is 0 Å². The number of halogens is 3. The molecule has 0 saturated heterocycles. The zero-order chi connectivity index (χ0) is 6.91. The van der Waals surface area contributed by atoms with Gasteiger partial charge in [-0.15, -0.1) is 0 Å². The molecule has 1 nitrogen and oxygen atoms in total. The van der Waals surface area contributed by atoms with E-state index in [-0.39, 0.29) is -0.441 Å². The summed E-state index contributed by atoms with van der Waals surface area (Å²) in [6.45, 7) is 1.18. The van der Waals surface area contributed by atoms with Gasteiger partial charge >= 0.3 is 0 Å². The van der Waals surface area contributed by atoms with Gasteiger partial charge in [0.2, 0.25) is 0 Å². The molecular weight excluding hydrogens is 455 g/mol. The first-order valence-corrected chi connectivity index (χ1v) is 5.84. The van der Waals surface area contributed by atoms with Gasteiger partial charge in [-0.1, -0.05) is 6.08 Å². The highest BCUT2D eigenvalue weighted by molar-refractivity contribution is 14.3. The van der Waals surface area contributed by atoms with Crippen LogP contribution in [0.15, 0.2) is 12.3 Å². The first kappa shape index (κ1) is 8.82. The maximum Gasteiger partial charge on any atom is 0.194 e. The average molecular weight is 461 g/mol. The van der Waals surface area contributed by atoms with E-state index in [1.807, 2.05) is 0 Å². The van der Waals surface area contributed by atoms with Gasteiger partial charge in [-0.2, -0.15) is 0 Å². The van der Waals surface area contributed by atoms with Gasteiger partial charge < -0.3 is 4.90 Å². The van der Waals surface area contributed by atoms with Gasteiger partial charge in [-0.25, -0.2) is 0 Å². The van der Waals surface area contributed by atoms with Gasteiger partial charge in [-0.3, -0.25) is 0 Å². The summed E-state index contributed by atoms with van der Waals surface area (Å²) >= 11 is 7.28. The second kappa shape index (κ2) is 3.42. The van der Waals surface area contributed by atoms with E-state index in [1.54, 1.807) is 0 Å². The van der Waals surface area contributed by atoms with Crippen LogP contribution in [0.4, 0.5) is 0 Å². The molecule has 0 spiro atoms. The van der Waals surface area contributed by atoms with Crippen molar-refractivity contribution >= 4 is 67.8 Å². The summed E-state index contributed by atoms with van der Waals surface area (Å²) in [5.74, 6) is 0. The highest BCUT2D eigenvalue weighted by Crippen LogP contribution is 2.40. The largest absolute Gasteiger partial charge is 0.347 e. The van der Waals surface area contributed by atoms with Crippen LogP contribution in [0.5, 0.6) is 0 Å². The molecule has 52 valence electrons. The molecule has 0 fully saturated rings. The fraction of sp³-hybridized carbons (Fsp3) is 0.600. The first-order chi connectivity index (χ1) is 4.11. The zero-order valence-corrected chi connectivity index (χ0v) is 11.1. The van der Waals surface area contributed by atoms with Crippen molar-refractivity contribution < 1.29 is 0 Å². The highest BCUT2D eigenvalue weighted by atomic mass is 127. The smallest absolute Gasteiger partial charge is 0.194 e. The Labute approximate surface area is 96.0 Å². The molecule has 0 aromatic carbocycles. The molecule has 0 radical (unpaired) electrons. The van der Waals surface area contributed by atoms with Crippen molar-refractivity contribution in [1.82, 2.24) is 4.90 Å². The lowest BCUT2D eigenvalue weighted by atomic mass is 10.5. The first-order valence-electron chi connectivity index (χ1n) is 2.61. The molecule has 9 heavy (non-hydrogen) atoms. The van der Waals surface area contributed by atoms with Crippen molar-refractivity contribution in [2.45, 2.75) is 5.98 Å². The predicted octanol–water partition coefficient (Wildman–Crippen LogP) is 3.12. The van der Waals surface area contributed by atoms with Gasteiger partial charge in [0.05, 0.1) is 0 Å². The van der Waals surface area contributed by atoms with E-state index in [0.717, 1.165) is 0 Å². The summed E-state index contributed by atoms with van der Waals surface area (Å²) in [4.78, 5) is 2.33. The van der Waals surface area contributed by atoms with Crippen molar-refractivity contribution in [3.63, 3.8) is 0 Å². The third-order valence-corrected chi connectivity index (χ3v) is 3.01. The fourth-order valence-corrected chi connectivity index (χ4v) is 1.91. The molecule has 0 unspecified atom stereocenters. The Balaban J connectivity index is 2.53. The molecule has 1 aliphatic heterocycles. The number of nitrogens with zero attached hydrogens (tertiary/aromatic N) is 1. The molecule has 0 atom stereocenters. The lowest BCUT2D eigenvalue weighted by Gasteiger charge is -2.25. The Morgan fingerprint density at radius 1 is 1.33 bits per heavy atom. The third-order valence-electron chi connectivity index (χ3n) is 1.15. The van der Waals surface area contributed by atoms with E-state index < -0.39 is 0 Å². The minimum absolute atomic E-state index is 0.236. The van der Waals surface area contributed by atoms with Crippen LogP contribution in [0.3, 0.4) is 0 Å². The number of alkyl halides is 3. The summed E-state index contributed by atoms with van der Waals surface area (Å²) in [6, 6.07) is 0. The number of rotatable bonds is 1. The summed E-state index contributed by atoms with van der Waals surface area (Å²) < 4.78 is 0.236. The van der Waals surface area contributed by atoms with E-state index in [0.29, 0.717) is 0 Å². The monoisotopic (exact) mass is 461 g/mol. The van der Waals surface area contributed by atoms with Crippen LogP contribution in [0.25, 0.3) is 0 Å². The minimum atomic E-state index is 0.236. The maximum atomic E-state index is 2.43. The Morgan fingerprint density at radius 2 is 2.00 bits per heavy atom. The molecule has 1 rings (SSSR count). The quantitative estimate of drug-likeness (QED) is 0.330. The van der Waals surface area contributed by atoms with Crippen molar-refractivity contribution in [2.75, 3.05) is 6.54 Å². The fourth-order valence-electron chi connectivity index (χ4n) is 0.701. The van der Waals surface area contributed by atoms with Crippen molar-refractivity contribution in [3.05, 3.63) is 12.3 Å². The van der Waals surface area contributed by atoms with Crippen LogP contribution in [-0.2, 0) is 0 Å². The number of hydrogen-bond donors (Lipinski definition) is 0. The third kappa shape index (κ3) is 2.68. The van der Waals surface area contributed by atoms with Gasteiger partial charge in [-0.05, 0) is 80.4 Å². The average Bonchev–Trinajstić information content (AvgIpc) is 2.08. The molecule has 0 saturated carbocycles. The van der Waals surface area contributed by atoms with E-state index in [4.69, 9.17) is 0 Å². The van der Waals surface area contributed by atoms with Crippen molar-refractivity contribution in [3.8, 4) is 0 Å². The lowest BCUT2D eigenvalue weighted by Crippen LogP contribution is -2.26. The molecule has 0 amide bonds. The van der Waals surface area contributed by atoms with Crippen LogP contribution in [0.2, 0.25) is 0 Å². The highest BCUT2D eigenvalue weighted by Gasteiger charge is 2.25. The molecule has 1 aliphatic rings. The van der Waals surface area contributed by atoms with Crippen molar-refractivity contribution in [2.24, 2.45) is 0 Å². The molecule has 4 heteroatoms. The molecule has 0 aromatic heterocycles. The SMILES string of the molecule is IC(I)(I)N1C=CCC1. The molecule has 0 bridgehead atoms. The molecule has 0 aliphatic carbocycles. The maximum absolute atomic E-state index is 2.43. The Bertz CT molecular complexity index is 127. The summed E-state index contributed by atoms with van der Waals surface area (Å²) in [7, 11) is 0. The number of hydrogen-bond acceptors (Lipinski definition) is 1. The summed E-state index contributed by atoms with van der Waals surface area (Å²) in [5.41, 5.74) is 0. The van der Waals surface area contributed by atoms with Gasteiger partial charge in [0, 0.05) is 6.54 Å². The predicted molar refractivity (Wildman–Crippen MR) is 65.3 cm³/mol. The second-order valence-electron chi connectivity index (χ2n) is 1.83. The molecule has 1 heterocycles. The van der Waals surface area contributed by atoms with Crippen LogP contribution in [0, 0.1) is 0 Å². The van der Waals surface area contributed by atoms with Gasteiger partial charge in [0.1, 0.15) is 0 Å². The summed E-state index contributed by atoms with van der Waals surface area (Å²) in [5, 5.41) is 0. The zero-order valence-electron chi connectivity index (χ0n) is 4.65. The van der Waals surface area contributed by atoms with Crippen LogP contribution >= 0.6 is 67.8 Å². The van der Waals surface area contributed by atoms with E-state index in [2.05, 4.69) is 84.9 Å². The second-order valence-corrected chi connectivity index (χ2v) is 12.7.